The van der Waals surface area contributed by atoms with Gasteiger partial charge in [0.05, 0.1) is 12.5 Å². The maximum Gasteiger partial charge on any atom is 0.222 e. The minimum absolute atomic E-state index is 0. The fraction of sp³-hybridized carbons (Fsp3) is 0.909. The normalized spacial score (nSPS) is 19.9. The van der Waals surface area contributed by atoms with Crippen LogP contribution in [-0.4, -0.2) is 38.8 Å². The molecule has 2 N–H and O–H groups in total. The molecule has 1 amide bonds. The van der Waals surface area contributed by atoms with Crippen LogP contribution in [0.15, 0.2) is 0 Å². The Morgan fingerprint density at radius 3 is 2.81 bits per heavy atom. The number of carbonyl (C=O) groups is 1. The first kappa shape index (κ1) is 15.7. The number of hydrogen-bond acceptors (Lipinski definition) is 3. The zero-order valence-corrected chi connectivity index (χ0v) is 10.8. The van der Waals surface area contributed by atoms with E-state index in [-0.39, 0.29) is 24.4 Å². The first-order valence-electron chi connectivity index (χ1n) is 5.86. The molecule has 0 saturated carbocycles. The van der Waals surface area contributed by atoms with Crippen LogP contribution in [0.25, 0.3) is 0 Å². The van der Waals surface area contributed by atoms with Crippen molar-refractivity contribution in [2.24, 2.45) is 0 Å². The zero-order valence-electron chi connectivity index (χ0n) is 9.96. The molecule has 0 aromatic heterocycles. The van der Waals surface area contributed by atoms with Crippen LogP contribution in [0.5, 0.6) is 0 Å². The molecule has 1 fully saturated rings. The maximum atomic E-state index is 11.5. The molecule has 4 nitrogen and oxygen atoms in total. The van der Waals surface area contributed by atoms with Crippen molar-refractivity contribution in [1.82, 2.24) is 10.6 Å². The van der Waals surface area contributed by atoms with Crippen LogP contribution in [-0.2, 0) is 9.53 Å². The van der Waals surface area contributed by atoms with E-state index in [1.54, 1.807) is 0 Å². The second kappa shape index (κ2) is 9.87. The monoisotopic (exact) mass is 250 g/mol. The fourth-order valence-corrected chi connectivity index (χ4v) is 1.74. The SMILES string of the molecule is CNCCCNC(=O)CC1CCCCO1.Cl. The summed E-state index contributed by atoms with van der Waals surface area (Å²) in [5.41, 5.74) is 0. The summed E-state index contributed by atoms with van der Waals surface area (Å²) in [5, 5.41) is 5.95. The van der Waals surface area contributed by atoms with Gasteiger partial charge in [-0.25, -0.2) is 0 Å². The minimum Gasteiger partial charge on any atom is -0.378 e. The number of rotatable bonds is 6. The van der Waals surface area contributed by atoms with Crippen LogP contribution in [0, 0.1) is 0 Å². The third kappa shape index (κ3) is 7.04. The lowest BCUT2D eigenvalue weighted by atomic mass is 10.1. The van der Waals surface area contributed by atoms with Crippen LogP contribution in [0.1, 0.15) is 32.1 Å². The quantitative estimate of drug-likeness (QED) is 0.694. The van der Waals surface area contributed by atoms with Crippen LogP contribution in [0.3, 0.4) is 0 Å². The van der Waals surface area contributed by atoms with Gasteiger partial charge >= 0.3 is 0 Å². The summed E-state index contributed by atoms with van der Waals surface area (Å²) in [6, 6.07) is 0. The number of hydrogen-bond donors (Lipinski definition) is 2. The molecule has 0 aliphatic carbocycles. The van der Waals surface area contributed by atoms with Gasteiger partial charge in [0.1, 0.15) is 0 Å². The number of amides is 1. The van der Waals surface area contributed by atoms with Crippen molar-refractivity contribution < 1.29 is 9.53 Å². The predicted molar refractivity (Wildman–Crippen MR) is 67.0 cm³/mol. The average molecular weight is 251 g/mol. The van der Waals surface area contributed by atoms with Crippen molar-refractivity contribution >= 4 is 18.3 Å². The fourth-order valence-electron chi connectivity index (χ4n) is 1.74. The van der Waals surface area contributed by atoms with E-state index in [0.29, 0.717) is 6.42 Å². The van der Waals surface area contributed by atoms with Crippen molar-refractivity contribution in [1.29, 1.82) is 0 Å². The van der Waals surface area contributed by atoms with Gasteiger partial charge in [-0.15, -0.1) is 12.4 Å². The van der Waals surface area contributed by atoms with Gasteiger partial charge in [-0.05, 0) is 39.3 Å². The molecular weight excluding hydrogens is 228 g/mol. The van der Waals surface area contributed by atoms with E-state index in [1.165, 1.54) is 6.42 Å². The highest BCUT2D eigenvalue weighted by molar-refractivity contribution is 5.85. The van der Waals surface area contributed by atoms with E-state index in [0.717, 1.165) is 39.0 Å². The van der Waals surface area contributed by atoms with Gasteiger partial charge in [0.15, 0.2) is 0 Å². The first-order valence-corrected chi connectivity index (χ1v) is 5.86. The summed E-state index contributed by atoms with van der Waals surface area (Å²) in [6.07, 6.45) is 5.03. The molecule has 1 aliphatic heterocycles. The second-order valence-electron chi connectivity index (χ2n) is 4.00. The summed E-state index contributed by atoms with van der Waals surface area (Å²) in [5.74, 6) is 0.123. The lowest BCUT2D eigenvalue weighted by molar-refractivity contribution is -0.124. The molecule has 0 aromatic carbocycles. The third-order valence-electron chi connectivity index (χ3n) is 2.61. The summed E-state index contributed by atoms with van der Waals surface area (Å²) in [7, 11) is 1.91. The van der Waals surface area contributed by atoms with Crippen molar-refractivity contribution in [3.8, 4) is 0 Å². The van der Waals surface area contributed by atoms with E-state index in [9.17, 15) is 4.79 Å². The molecule has 0 spiro atoms. The molecule has 1 unspecified atom stereocenters. The van der Waals surface area contributed by atoms with Crippen LogP contribution in [0.4, 0.5) is 0 Å². The Hall–Kier alpha value is -0.320. The van der Waals surface area contributed by atoms with Gasteiger partial charge in [0, 0.05) is 13.2 Å². The molecule has 96 valence electrons. The first-order chi connectivity index (χ1) is 7.33. The Morgan fingerprint density at radius 2 is 2.19 bits per heavy atom. The highest BCUT2D eigenvalue weighted by Crippen LogP contribution is 2.15. The van der Waals surface area contributed by atoms with Gasteiger partial charge in [0.25, 0.3) is 0 Å². The smallest absolute Gasteiger partial charge is 0.222 e. The summed E-state index contributed by atoms with van der Waals surface area (Å²) < 4.78 is 5.50. The number of halogens is 1. The molecule has 1 atom stereocenters. The van der Waals surface area contributed by atoms with Gasteiger partial charge in [-0.1, -0.05) is 0 Å². The van der Waals surface area contributed by atoms with Gasteiger partial charge < -0.3 is 15.4 Å². The Kier molecular flexibility index (Phi) is 9.68. The Morgan fingerprint density at radius 1 is 1.38 bits per heavy atom. The van der Waals surface area contributed by atoms with E-state index >= 15 is 0 Å². The van der Waals surface area contributed by atoms with E-state index in [4.69, 9.17) is 4.74 Å². The van der Waals surface area contributed by atoms with Gasteiger partial charge in [-0.3, -0.25) is 4.79 Å². The van der Waals surface area contributed by atoms with Crippen LogP contribution >= 0.6 is 12.4 Å². The largest absolute Gasteiger partial charge is 0.378 e. The number of carbonyl (C=O) groups excluding carboxylic acids is 1. The maximum absolute atomic E-state index is 11.5. The molecule has 0 bridgehead atoms. The molecule has 1 aliphatic rings. The Balaban J connectivity index is 0.00000225. The lowest BCUT2D eigenvalue weighted by Gasteiger charge is -2.21. The summed E-state index contributed by atoms with van der Waals surface area (Å²) >= 11 is 0. The molecule has 5 heteroatoms. The minimum atomic E-state index is 0. The molecule has 1 heterocycles. The summed E-state index contributed by atoms with van der Waals surface area (Å²) in [4.78, 5) is 11.5. The van der Waals surface area contributed by atoms with Crippen LogP contribution < -0.4 is 10.6 Å². The predicted octanol–water partition coefficient (Wildman–Crippen LogP) is 1.09. The molecule has 0 radical (unpaired) electrons. The average Bonchev–Trinajstić information content (AvgIpc) is 2.26. The van der Waals surface area contributed by atoms with Gasteiger partial charge in [0.2, 0.25) is 5.91 Å². The van der Waals surface area contributed by atoms with Crippen molar-refractivity contribution in [3.63, 3.8) is 0 Å². The number of nitrogens with one attached hydrogen (secondary N) is 2. The third-order valence-corrected chi connectivity index (χ3v) is 2.61. The Bertz CT molecular complexity index is 185. The van der Waals surface area contributed by atoms with Crippen LogP contribution in [0.2, 0.25) is 0 Å². The Labute approximate surface area is 104 Å². The molecule has 1 rings (SSSR count). The number of ether oxygens (including phenoxy) is 1. The topological polar surface area (TPSA) is 50.4 Å². The zero-order chi connectivity index (χ0) is 10.9. The van der Waals surface area contributed by atoms with Crippen molar-refractivity contribution in [2.75, 3.05) is 26.7 Å². The lowest BCUT2D eigenvalue weighted by Crippen LogP contribution is -2.31. The van der Waals surface area contributed by atoms with E-state index < -0.39 is 0 Å². The molecule has 0 aromatic rings. The highest BCUT2D eigenvalue weighted by atomic mass is 35.5. The molecule has 1 saturated heterocycles. The summed E-state index contributed by atoms with van der Waals surface area (Å²) in [6.45, 7) is 2.52. The van der Waals surface area contributed by atoms with E-state index in [1.807, 2.05) is 7.05 Å². The van der Waals surface area contributed by atoms with Crippen molar-refractivity contribution in [2.45, 2.75) is 38.2 Å². The standard InChI is InChI=1S/C11H22N2O2.ClH/c1-12-6-4-7-13-11(14)9-10-5-2-3-8-15-10;/h10,12H,2-9H2,1H3,(H,13,14);1H. The van der Waals surface area contributed by atoms with Gasteiger partial charge in [-0.2, -0.15) is 0 Å². The highest BCUT2D eigenvalue weighted by Gasteiger charge is 2.16. The van der Waals surface area contributed by atoms with E-state index in [2.05, 4.69) is 10.6 Å². The van der Waals surface area contributed by atoms with Crippen molar-refractivity contribution in [3.05, 3.63) is 0 Å². The molecular formula is C11H23ClN2O2. The second-order valence-corrected chi connectivity index (χ2v) is 4.00. The molecule has 16 heavy (non-hydrogen) atoms.